The molecule has 1 heterocycles. The topological polar surface area (TPSA) is 20.3 Å². The molecule has 3 aromatic rings. The molecular formula is C22H18ClNO. The molecule has 1 unspecified atom stereocenters. The number of hydrogen-bond donors (Lipinski definition) is 0. The molecule has 0 aromatic heterocycles. The molecule has 4 rings (SSSR count). The molecule has 0 fully saturated rings. The Morgan fingerprint density at radius 2 is 1.84 bits per heavy atom. The predicted molar refractivity (Wildman–Crippen MR) is 104 cm³/mol. The van der Waals surface area contributed by atoms with Crippen LogP contribution < -0.4 is 4.90 Å². The minimum absolute atomic E-state index is 0.0342. The normalized spacial score (nSPS) is 16.8. The van der Waals surface area contributed by atoms with Gasteiger partial charge in [-0.2, -0.15) is 0 Å². The molecule has 25 heavy (non-hydrogen) atoms. The Hall–Kier alpha value is -2.58. The number of anilines is 1. The summed E-state index contributed by atoms with van der Waals surface area (Å²) >= 11 is 6.05. The summed E-state index contributed by atoms with van der Waals surface area (Å²) in [6.45, 7) is 4.33. The van der Waals surface area contributed by atoms with Crippen molar-refractivity contribution in [2.24, 2.45) is 0 Å². The number of benzene rings is 3. The van der Waals surface area contributed by atoms with E-state index in [1.807, 2.05) is 35.2 Å². The minimum atomic E-state index is 0.0342. The van der Waals surface area contributed by atoms with Crippen molar-refractivity contribution < 1.29 is 4.79 Å². The van der Waals surface area contributed by atoms with Crippen molar-refractivity contribution >= 4 is 34.0 Å². The van der Waals surface area contributed by atoms with Gasteiger partial charge in [-0.15, -0.1) is 6.58 Å². The summed E-state index contributed by atoms with van der Waals surface area (Å²) in [5, 5.41) is 3.09. The third-order valence-electron chi connectivity index (χ3n) is 4.85. The lowest BCUT2D eigenvalue weighted by atomic mass is 9.81. The van der Waals surface area contributed by atoms with Crippen LogP contribution in [0.5, 0.6) is 0 Å². The van der Waals surface area contributed by atoms with Crippen LogP contribution in [0.15, 0.2) is 73.3 Å². The molecule has 1 aliphatic rings. The van der Waals surface area contributed by atoms with Crippen molar-refractivity contribution in [2.75, 3.05) is 11.4 Å². The monoisotopic (exact) mass is 347 g/mol. The third kappa shape index (κ3) is 2.73. The second kappa shape index (κ2) is 6.38. The van der Waals surface area contributed by atoms with Crippen LogP contribution in [0.4, 0.5) is 5.69 Å². The summed E-state index contributed by atoms with van der Waals surface area (Å²) in [6.07, 6.45) is 2.23. The molecule has 0 saturated carbocycles. The molecule has 0 aliphatic carbocycles. The number of hydrogen-bond acceptors (Lipinski definition) is 1. The maximum atomic E-state index is 12.8. The van der Waals surface area contributed by atoms with Crippen LogP contribution in [-0.4, -0.2) is 12.5 Å². The van der Waals surface area contributed by atoms with Crippen LogP contribution in [0, 0.1) is 0 Å². The van der Waals surface area contributed by atoms with Crippen LogP contribution >= 0.6 is 11.6 Å². The van der Waals surface area contributed by atoms with E-state index in [2.05, 4.69) is 36.9 Å². The maximum absolute atomic E-state index is 12.8. The largest absolute Gasteiger partial charge is 0.308 e. The molecule has 0 bridgehead atoms. The Morgan fingerprint density at radius 1 is 1.08 bits per heavy atom. The number of rotatable bonds is 3. The zero-order valence-electron chi connectivity index (χ0n) is 13.8. The molecule has 0 radical (unpaired) electrons. The van der Waals surface area contributed by atoms with Gasteiger partial charge in [-0.1, -0.05) is 60.1 Å². The molecule has 1 aliphatic heterocycles. The highest BCUT2D eigenvalue weighted by molar-refractivity contribution is 6.30. The second-order valence-electron chi connectivity index (χ2n) is 6.32. The smallest absolute Gasteiger partial charge is 0.228 e. The minimum Gasteiger partial charge on any atom is -0.308 e. The average molecular weight is 348 g/mol. The summed E-state index contributed by atoms with van der Waals surface area (Å²) in [5.74, 6) is 0.162. The van der Waals surface area contributed by atoms with Crippen LogP contribution in [0.3, 0.4) is 0 Å². The van der Waals surface area contributed by atoms with Crippen molar-refractivity contribution in [1.29, 1.82) is 0 Å². The zero-order chi connectivity index (χ0) is 17.4. The highest BCUT2D eigenvalue weighted by Crippen LogP contribution is 2.44. The van der Waals surface area contributed by atoms with Crippen molar-refractivity contribution in [1.82, 2.24) is 0 Å². The number of carbonyl (C=O) groups excluding carboxylic acids is 1. The maximum Gasteiger partial charge on any atom is 0.228 e. The summed E-state index contributed by atoms with van der Waals surface area (Å²) < 4.78 is 0. The average Bonchev–Trinajstić information content (AvgIpc) is 2.64. The Balaban J connectivity index is 1.97. The summed E-state index contributed by atoms with van der Waals surface area (Å²) in [7, 11) is 0. The van der Waals surface area contributed by atoms with Crippen LogP contribution in [0.25, 0.3) is 10.8 Å². The molecule has 3 aromatic carbocycles. The fourth-order valence-electron chi connectivity index (χ4n) is 3.72. The van der Waals surface area contributed by atoms with E-state index in [1.54, 1.807) is 6.08 Å². The number of carbonyl (C=O) groups is 1. The van der Waals surface area contributed by atoms with Crippen LogP contribution in [-0.2, 0) is 4.79 Å². The van der Waals surface area contributed by atoms with E-state index >= 15 is 0 Å². The third-order valence-corrected chi connectivity index (χ3v) is 5.10. The molecule has 0 N–H and O–H groups in total. The van der Waals surface area contributed by atoms with Crippen molar-refractivity contribution in [3.05, 3.63) is 89.5 Å². The van der Waals surface area contributed by atoms with Crippen LogP contribution in [0.1, 0.15) is 23.5 Å². The Kier molecular flexibility index (Phi) is 4.06. The number of fused-ring (bicyclic) bond motifs is 3. The van der Waals surface area contributed by atoms with Gasteiger partial charge in [-0.25, -0.2) is 0 Å². The second-order valence-corrected chi connectivity index (χ2v) is 6.76. The van der Waals surface area contributed by atoms with Gasteiger partial charge in [0, 0.05) is 29.6 Å². The SMILES string of the molecule is C=CCN1C(=O)CC(c2ccc(Cl)cc2)c2c1ccc1ccccc21. The first-order chi connectivity index (χ1) is 12.2. The Bertz CT molecular complexity index is 961. The first-order valence-corrected chi connectivity index (χ1v) is 8.75. The van der Waals surface area contributed by atoms with Gasteiger partial charge in [-0.3, -0.25) is 4.79 Å². The van der Waals surface area contributed by atoms with Gasteiger partial charge < -0.3 is 4.90 Å². The lowest BCUT2D eigenvalue weighted by Crippen LogP contribution is -2.37. The van der Waals surface area contributed by atoms with Gasteiger partial charge in [0.05, 0.1) is 0 Å². The summed E-state index contributed by atoms with van der Waals surface area (Å²) in [5.41, 5.74) is 3.31. The highest BCUT2D eigenvalue weighted by atomic mass is 35.5. The summed E-state index contributed by atoms with van der Waals surface area (Å²) in [4.78, 5) is 14.6. The van der Waals surface area contributed by atoms with E-state index in [4.69, 9.17) is 11.6 Å². The molecular weight excluding hydrogens is 330 g/mol. The van der Waals surface area contributed by atoms with E-state index in [1.165, 1.54) is 16.3 Å². The standard InChI is InChI=1S/C22H18ClNO/c1-2-13-24-20-12-9-15-5-3-4-6-18(15)22(20)19(14-21(24)25)16-7-10-17(23)11-8-16/h2-12,19H,1,13-14H2. The first kappa shape index (κ1) is 15.9. The summed E-state index contributed by atoms with van der Waals surface area (Å²) in [6, 6.07) is 20.3. The van der Waals surface area contributed by atoms with Crippen LogP contribution in [0.2, 0.25) is 5.02 Å². The predicted octanol–water partition coefficient (Wildman–Crippen LogP) is 5.55. The fraction of sp³-hybridized carbons (Fsp3) is 0.136. The highest BCUT2D eigenvalue weighted by Gasteiger charge is 2.32. The van der Waals surface area contributed by atoms with Crippen molar-refractivity contribution in [3.8, 4) is 0 Å². The fourth-order valence-corrected chi connectivity index (χ4v) is 3.84. The van der Waals surface area contributed by atoms with Gasteiger partial charge >= 0.3 is 0 Å². The van der Waals surface area contributed by atoms with Gasteiger partial charge in [-0.05, 0) is 40.1 Å². The Morgan fingerprint density at radius 3 is 2.60 bits per heavy atom. The molecule has 1 amide bonds. The van der Waals surface area contributed by atoms with E-state index in [-0.39, 0.29) is 11.8 Å². The zero-order valence-corrected chi connectivity index (χ0v) is 14.5. The first-order valence-electron chi connectivity index (χ1n) is 8.37. The molecule has 3 heteroatoms. The number of amides is 1. The van der Waals surface area contributed by atoms with Crippen molar-refractivity contribution in [3.63, 3.8) is 0 Å². The Labute approximate surface area is 152 Å². The molecule has 1 atom stereocenters. The van der Waals surface area contributed by atoms with Gasteiger partial charge in [0.2, 0.25) is 5.91 Å². The van der Waals surface area contributed by atoms with Gasteiger partial charge in [0.25, 0.3) is 0 Å². The van der Waals surface area contributed by atoms with E-state index in [0.29, 0.717) is 18.0 Å². The van der Waals surface area contributed by atoms with E-state index in [9.17, 15) is 4.79 Å². The molecule has 2 nitrogen and oxygen atoms in total. The lowest BCUT2D eigenvalue weighted by molar-refractivity contribution is -0.119. The van der Waals surface area contributed by atoms with Gasteiger partial charge in [0.15, 0.2) is 0 Å². The molecule has 0 spiro atoms. The number of nitrogens with zero attached hydrogens (tertiary/aromatic N) is 1. The van der Waals surface area contributed by atoms with Crippen molar-refractivity contribution in [2.45, 2.75) is 12.3 Å². The quantitative estimate of drug-likeness (QED) is 0.569. The number of halogens is 1. The molecule has 0 saturated heterocycles. The van der Waals surface area contributed by atoms with Gasteiger partial charge in [0.1, 0.15) is 0 Å². The lowest BCUT2D eigenvalue weighted by Gasteiger charge is -2.35. The molecule has 124 valence electrons. The van der Waals surface area contributed by atoms with E-state index in [0.717, 1.165) is 11.3 Å². The van der Waals surface area contributed by atoms with E-state index < -0.39 is 0 Å².